The summed E-state index contributed by atoms with van der Waals surface area (Å²) in [6.07, 6.45) is 12.0. The van der Waals surface area contributed by atoms with Crippen LogP contribution in [-0.4, -0.2) is 27.0 Å². The van der Waals surface area contributed by atoms with Gasteiger partial charge in [-0.15, -0.1) is 0 Å². The Balaban J connectivity index is 0. The van der Waals surface area contributed by atoms with Gasteiger partial charge in [-0.2, -0.15) is 0 Å². The SMILES string of the molecule is CCCCC(CC)C[P+](=O)CC(CC)CCCC.O=P(O)(O)O. The first-order valence-corrected chi connectivity index (χ1v) is 12.1. The van der Waals surface area contributed by atoms with Crippen LogP contribution < -0.4 is 0 Å². The average molecular weight is 371 g/mol. The molecule has 0 heterocycles. The van der Waals surface area contributed by atoms with Crippen molar-refractivity contribution in [2.75, 3.05) is 12.3 Å². The zero-order valence-electron chi connectivity index (χ0n) is 15.3. The molecule has 7 heteroatoms. The fraction of sp³-hybridized carbons (Fsp3) is 1.00. The summed E-state index contributed by atoms with van der Waals surface area (Å²) in [6, 6.07) is 0. The quantitative estimate of drug-likeness (QED) is 0.404. The monoisotopic (exact) mass is 371 g/mol. The van der Waals surface area contributed by atoms with Crippen LogP contribution in [0, 0.1) is 11.8 Å². The van der Waals surface area contributed by atoms with Gasteiger partial charge in [0.15, 0.2) is 0 Å². The smallest absolute Gasteiger partial charge is 0.303 e. The van der Waals surface area contributed by atoms with E-state index in [2.05, 4.69) is 27.7 Å². The molecule has 0 spiro atoms. The molecule has 2 unspecified atom stereocenters. The standard InChI is InChI=1S/C16H34OP.H3O4P/c1-5-9-11-15(7-3)13-18(17)14-16(8-4)12-10-6-2;1-5(2,3)4/h15-16H,5-14H2,1-4H3;(H3,1,2,3,4)/q+1;. The van der Waals surface area contributed by atoms with E-state index in [4.69, 9.17) is 19.2 Å². The lowest BCUT2D eigenvalue weighted by Gasteiger charge is -2.11. The van der Waals surface area contributed by atoms with Crippen molar-refractivity contribution in [2.45, 2.75) is 79.1 Å². The molecule has 0 saturated heterocycles. The molecule has 0 aromatic rings. The van der Waals surface area contributed by atoms with E-state index in [1.54, 1.807) is 0 Å². The van der Waals surface area contributed by atoms with Gasteiger partial charge >= 0.3 is 15.6 Å². The fourth-order valence-electron chi connectivity index (χ4n) is 2.49. The Kier molecular flexibility index (Phi) is 17.4. The Morgan fingerprint density at radius 3 is 1.35 bits per heavy atom. The molecule has 5 nitrogen and oxygen atoms in total. The first-order valence-electron chi connectivity index (χ1n) is 8.88. The van der Waals surface area contributed by atoms with Gasteiger partial charge < -0.3 is 14.7 Å². The summed E-state index contributed by atoms with van der Waals surface area (Å²) in [5.74, 6) is 1.41. The minimum absolute atomic E-state index is 0.706. The Hall–Kier alpha value is 0.210. The molecule has 0 aliphatic rings. The molecule has 0 rings (SSSR count). The first-order chi connectivity index (χ1) is 10.7. The fourth-order valence-corrected chi connectivity index (χ4v) is 4.67. The van der Waals surface area contributed by atoms with E-state index in [1.807, 2.05) is 0 Å². The van der Waals surface area contributed by atoms with E-state index in [0.717, 1.165) is 12.3 Å². The van der Waals surface area contributed by atoms with Gasteiger partial charge in [0.2, 0.25) is 0 Å². The lowest BCUT2D eigenvalue weighted by molar-refractivity contribution is 0.275. The first kappa shape index (κ1) is 25.5. The Morgan fingerprint density at radius 2 is 1.13 bits per heavy atom. The molecular formula is C16H37O5P2+. The Morgan fingerprint density at radius 1 is 0.826 bits per heavy atom. The topological polar surface area (TPSA) is 94.8 Å². The van der Waals surface area contributed by atoms with Crippen LogP contribution in [0.3, 0.4) is 0 Å². The van der Waals surface area contributed by atoms with Gasteiger partial charge in [0.25, 0.3) is 0 Å². The number of unbranched alkanes of at least 4 members (excludes halogenated alkanes) is 2. The lowest BCUT2D eigenvalue weighted by Crippen LogP contribution is -2.07. The predicted molar refractivity (Wildman–Crippen MR) is 98.2 cm³/mol. The van der Waals surface area contributed by atoms with E-state index in [0.29, 0.717) is 11.8 Å². The molecule has 0 aliphatic heterocycles. The summed E-state index contributed by atoms with van der Waals surface area (Å²) in [5, 5.41) is 0. The second kappa shape index (κ2) is 15.7. The highest BCUT2D eigenvalue weighted by molar-refractivity contribution is 7.45. The summed E-state index contributed by atoms with van der Waals surface area (Å²) in [6.45, 7) is 8.98. The molecular weight excluding hydrogens is 334 g/mol. The molecule has 0 radical (unpaired) electrons. The molecule has 0 amide bonds. The summed E-state index contributed by atoms with van der Waals surface area (Å²) < 4.78 is 21.1. The van der Waals surface area contributed by atoms with Crippen LogP contribution >= 0.6 is 15.6 Å². The van der Waals surface area contributed by atoms with E-state index >= 15 is 0 Å². The van der Waals surface area contributed by atoms with E-state index in [-0.39, 0.29) is 0 Å². The lowest BCUT2D eigenvalue weighted by atomic mass is 10.0. The highest BCUT2D eigenvalue weighted by Crippen LogP contribution is 2.33. The molecule has 3 N–H and O–H groups in total. The molecule has 2 atom stereocenters. The number of hydrogen-bond donors (Lipinski definition) is 3. The van der Waals surface area contributed by atoms with Crippen molar-refractivity contribution < 1.29 is 23.8 Å². The normalized spacial score (nSPS) is 14.7. The molecule has 0 saturated carbocycles. The van der Waals surface area contributed by atoms with Crippen LogP contribution in [0.5, 0.6) is 0 Å². The summed E-state index contributed by atoms with van der Waals surface area (Å²) in [7, 11) is -5.59. The molecule has 0 bridgehead atoms. The van der Waals surface area contributed by atoms with Gasteiger partial charge in [-0.1, -0.05) is 57.9 Å². The van der Waals surface area contributed by atoms with Crippen molar-refractivity contribution >= 4 is 15.6 Å². The summed E-state index contributed by atoms with van der Waals surface area (Å²) >= 11 is 0. The highest BCUT2D eigenvalue weighted by atomic mass is 31.2. The van der Waals surface area contributed by atoms with Gasteiger partial charge in [-0.3, -0.25) is 0 Å². The van der Waals surface area contributed by atoms with Crippen molar-refractivity contribution in [3.63, 3.8) is 0 Å². The molecule has 0 aliphatic carbocycles. The molecule has 0 aromatic heterocycles. The minimum Gasteiger partial charge on any atom is -0.303 e. The van der Waals surface area contributed by atoms with Crippen molar-refractivity contribution in [3.05, 3.63) is 0 Å². The van der Waals surface area contributed by atoms with E-state index < -0.39 is 15.6 Å². The Labute approximate surface area is 143 Å². The van der Waals surface area contributed by atoms with Crippen LogP contribution in [0.1, 0.15) is 79.1 Å². The molecule has 23 heavy (non-hydrogen) atoms. The van der Waals surface area contributed by atoms with Crippen molar-refractivity contribution in [1.29, 1.82) is 0 Å². The van der Waals surface area contributed by atoms with Gasteiger partial charge in [0.05, 0.1) is 0 Å². The van der Waals surface area contributed by atoms with Gasteiger partial charge in [0.1, 0.15) is 12.3 Å². The third-order valence-electron chi connectivity index (χ3n) is 4.01. The molecule has 0 fully saturated rings. The third-order valence-corrected chi connectivity index (χ3v) is 5.86. The second-order valence-electron chi connectivity index (χ2n) is 6.19. The molecule has 140 valence electrons. The summed E-state index contributed by atoms with van der Waals surface area (Å²) in [4.78, 5) is 21.6. The Bertz CT molecular complexity index is 302. The maximum atomic E-state index is 12.3. The minimum atomic E-state index is -4.64. The van der Waals surface area contributed by atoms with Crippen LogP contribution in [0.15, 0.2) is 0 Å². The maximum Gasteiger partial charge on any atom is 0.466 e. The van der Waals surface area contributed by atoms with E-state index in [9.17, 15) is 4.57 Å². The van der Waals surface area contributed by atoms with Crippen LogP contribution in [0.25, 0.3) is 0 Å². The maximum absolute atomic E-state index is 12.3. The van der Waals surface area contributed by atoms with Gasteiger partial charge in [-0.25, -0.2) is 4.57 Å². The van der Waals surface area contributed by atoms with Gasteiger partial charge in [0, 0.05) is 11.8 Å². The zero-order chi connectivity index (χ0) is 18.3. The van der Waals surface area contributed by atoms with Crippen LogP contribution in [0.2, 0.25) is 0 Å². The van der Waals surface area contributed by atoms with Crippen LogP contribution in [-0.2, 0) is 9.13 Å². The predicted octanol–water partition coefficient (Wildman–Crippen LogP) is 5.32. The highest BCUT2D eigenvalue weighted by Gasteiger charge is 2.25. The number of phosphoric acid groups is 1. The van der Waals surface area contributed by atoms with Gasteiger partial charge in [-0.05, 0) is 25.7 Å². The van der Waals surface area contributed by atoms with Crippen LogP contribution in [0.4, 0.5) is 0 Å². The van der Waals surface area contributed by atoms with E-state index in [1.165, 1.54) is 51.4 Å². The largest absolute Gasteiger partial charge is 0.466 e. The second-order valence-corrected chi connectivity index (χ2v) is 8.91. The zero-order valence-corrected chi connectivity index (χ0v) is 17.1. The summed E-state index contributed by atoms with van der Waals surface area (Å²) in [5.41, 5.74) is 0. The number of hydrogen-bond acceptors (Lipinski definition) is 2. The van der Waals surface area contributed by atoms with Crippen molar-refractivity contribution in [3.8, 4) is 0 Å². The van der Waals surface area contributed by atoms with Crippen molar-refractivity contribution in [2.24, 2.45) is 11.8 Å². The number of rotatable bonds is 12. The third kappa shape index (κ3) is 22.2. The molecule has 0 aromatic carbocycles. The van der Waals surface area contributed by atoms with Crippen molar-refractivity contribution in [1.82, 2.24) is 0 Å². The average Bonchev–Trinajstić information content (AvgIpc) is 2.45.